The number of carbonyl (C=O) groups is 3. The van der Waals surface area contributed by atoms with E-state index in [1.54, 1.807) is 30.3 Å². The summed E-state index contributed by atoms with van der Waals surface area (Å²) in [4.78, 5) is 37.7. The van der Waals surface area contributed by atoms with Crippen LogP contribution in [0.5, 0.6) is 0 Å². The molecule has 7 nitrogen and oxygen atoms in total. The summed E-state index contributed by atoms with van der Waals surface area (Å²) in [6.07, 6.45) is 1.48. The fourth-order valence-corrected chi connectivity index (χ4v) is 2.52. The number of amides is 2. The Bertz CT molecular complexity index is 966. The molecule has 0 radical (unpaired) electrons. The molecule has 0 aliphatic rings. The van der Waals surface area contributed by atoms with Crippen molar-refractivity contribution in [3.63, 3.8) is 0 Å². The number of halogens is 1. The molecule has 30 heavy (non-hydrogen) atoms. The van der Waals surface area contributed by atoms with Crippen LogP contribution in [0.3, 0.4) is 0 Å². The van der Waals surface area contributed by atoms with Gasteiger partial charge in [0, 0.05) is 19.2 Å². The first-order valence-corrected chi connectivity index (χ1v) is 9.05. The Morgan fingerprint density at radius 2 is 1.80 bits per heavy atom. The van der Waals surface area contributed by atoms with Gasteiger partial charge in [-0.2, -0.15) is 5.26 Å². The predicted molar refractivity (Wildman–Crippen MR) is 108 cm³/mol. The van der Waals surface area contributed by atoms with Crippen LogP contribution in [0, 0.1) is 17.1 Å². The maximum atomic E-state index is 13.2. The van der Waals surface area contributed by atoms with Gasteiger partial charge in [-0.15, -0.1) is 0 Å². The normalized spacial score (nSPS) is 10.6. The summed E-state index contributed by atoms with van der Waals surface area (Å²) in [5.74, 6) is -2.42. The molecule has 0 saturated carbocycles. The van der Waals surface area contributed by atoms with Gasteiger partial charge in [0.2, 0.25) is 5.91 Å². The van der Waals surface area contributed by atoms with Crippen LogP contribution in [-0.4, -0.2) is 30.9 Å². The van der Waals surface area contributed by atoms with E-state index < -0.39 is 30.2 Å². The van der Waals surface area contributed by atoms with Gasteiger partial charge in [0.15, 0.2) is 6.61 Å². The van der Waals surface area contributed by atoms with Crippen molar-refractivity contribution in [1.82, 2.24) is 5.32 Å². The van der Waals surface area contributed by atoms with Crippen LogP contribution >= 0.6 is 0 Å². The molecule has 0 spiro atoms. The number of hydrogen-bond donors (Lipinski definition) is 1. The zero-order valence-electron chi connectivity index (χ0n) is 16.3. The topological polar surface area (TPSA) is 99.5 Å². The lowest BCUT2D eigenvalue weighted by atomic mass is 10.2. The van der Waals surface area contributed by atoms with Crippen molar-refractivity contribution in [1.29, 1.82) is 5.26 Å². The minimum atomic E-state index is -0.887. The molecule has 0 aromatic heterocycles. The molecule has 2 amide bonds. The molecule has 2 rings (SSSR count). The SMILES string of the molecule is CC(=O)N/C(=C/c1ccccc1)C(=O)OCC(=O)N(CCC#N)c1ccc(F)cc1. The van der Waals surface area contributed by atoms with E-state index in [2.05, 4.69) is 5.32 Å². The number of carbonyl (C=O) groups excluding carboxylic acids is 3. The van der Waals surface area contributed by atoms with Crippen LogP contribution in [0.25, 0.3) is 6.08 Å². The lowest BCUT2D eigenvalue weighted by Crippen LogP contribution is -2.36. The lowest BCUT2D eigenvalue weighted by molar-refractivity contribution is -0.144. The number of ether oxygens (including phenoxy) is 1. The van der Waals surface area contributed by atoms with E-state index in [9.17, 15) is 18.8 Å². The van der Waals surface area contributed by atoms with Crippen molar-refractivity contribution in [2.45, 2.75) is 13.3 Å². The summed E-state index contributed by atoms with van der Waals surface area (Å²) in [5, 5.41) is 11.2. The number of nitrogens with zero attached hydrogens (tertiary/aromatic N) is 2. The first kappa shape index (κ1) is 22.3. The van der Waals surface area contributed by atoms with Crippen molar-refractivity contribution in [3.8, 4) is 6.07 Å². The average Bonchev–Trinajstić information content (AvgIpc) is 2.73. The van der Waals surface area contributed by atoms with Gasteiger partial charge in [-0.05, 0) is 35.9 Å². The summed E-state index contributed by atoms with van der Waals surface area (Å²) in [6, 6.07) is 15.9. The second-order valence-electron chi connectivity index (χ2n) is 6.16. The molecule has 0 atom stereocenters. The Morgan fingerprint density at radius 1 is 1.13 bits per heavy atom. The van der Waals surface area contributed by atoms with Gasteiger partial charge in [-0.25, -0.2) is 9.18 Å². The third kappa shape index (κ3) is 6.87. The van der Waals surface area contributed by atoms with Gasteiger partial charge in [0.05, 0.1) is 12.5 Å². The van der Waals surface area contributed by atoms with Gasteiger partial charge in [0.25, 0.3) is 5.91 Å². The Balaban J connectivity index is 2.12. The summed E-state index contributed by atoms with van der Waals surface area (Å²) in [6.45, 7) is 0.680. The molecule has 0 aliphatic carbocycles. The van der Waals surface area contributed by atoms with Crippen LogP contribution in [0.4, 0.5) is 10.1 Å². The maximum absolute atomic E-state index is 13.2. The van der Waals surface area contributed by atoms with E-state index in [0.717, 1.165) is 0 Å². The third-order valence-electron chi connectivity index (χ3n) is 3.85. The second kappa shape index (κ2) is 11.1. The van der Waals surface area contributed by atoms with Crippen LogP contribution < -0.4 is 10.2 Å². The highest BCUT2D eigenvalue weighted by molar-refractivity contribution is 6.00. The van der Waals surface area contributed by atoms with E-state index in [0.29, 0.717) is 11.3 Å². The van der Waals surface area contributed by atoms with Gasteiger partial charge < -0.3 is 15.0 Å². The van der Waals surface area contributed by atoms with E-state index in [1.807, 2.05) is 6.07 Å². The highest BCUT2D eigenvalue weighted by atomic mass is 19.1. The molecule has 0 aliphatic heterocycles. The third-order valence-corrected chi connectivity index (χ3v) is 3.85. The first-order chi connectivity index (χ1) is 14.4. The molecule has 2 aromatic carbocycles. The van der Waals surface area contributed by atoms with Gasteiger partial charge in [-0.3, -0.25) is 9.59 Å². The molecule has 0 saturated heterocycles. The summed E-state index contributed by atoms with van der Waals surface area (Å²) < 4.78 is 18.2. The van der Waals surface area contributed by atoms with Crippen molar-refractivity contribution in [2.75, 3.05) is 18.1 Å². The molecule has 2 aromatic rings. The first-order valence-electron chi connectivity index (χ1n) is 9.05. The van der Waals surface area contributed by atoms with Crippen LogP contribution in [0.2, 0.25) is 0 Å². The van der Waals surface area contributed by atoms with Crippen molar-refractivity contribution < 1.29 is 23.5 Å². The zero-order chi connectivity index (χ0) is 21.9. The van der Waals surface area contributed by atoms with Crippen LogP contribution in [0.1, 0.15) is 18.9 Å². The number of anilines is 1. The molecule has 0 bridgehead atoms. The van der Waals surface area contributed by atoms with Gasteiger partial charge >= 0.3 is 5.97 Å². The maximum Gasteiger partial charge on any atom is 0.355 e. The van der Waals surface area contributed by atoms with Crippen molar-refractivity contribution in [3.05, 3.63) is 71.7 Å². The quantitative estimate of drug-likeness (QED) is 0.534. The molecule has 0 unspecified atom stereocenters. The number of esters is 1. The molecular weight excluding hydrogens is 389 g/mol. The fraction of sp³-hybridized carbons (Fsp3) is 0.182. The number of rotatable bonds is 8. The average molecular weight is 409 g/mol. The largest absolute Gasteiger partial charge is 0.451 e. The molecule has 1 N–H and O–H groups in total. The van der Waals surface area contributed by atoms with Gasteiger partial charge in [0.1, 0.15) is 11.5 Å². The smallest absolute Gasteiger partial charge is 0.355 e. The van der Waals surface area contributed by atoms with E-state index in [4.69, 9.17) is 10.00 Å². The standard InChI is InChI=1S/C22H20FN3O4/c1-16(27)25-20(14-17-6-3-2-4-7-17)22(29)30-15-21(28)26(13-5-12-24)19-10-8-18(23)9-11-19/h2-4,6-11,14H,5,13,15H2,1H3,(H,25,27)/b20-14+. The fourth-order valence-electron chi connectivity index (χ4n) is 2.52. The monoisotopic (exact) mass is 409 g/mol. The Labute approximate surface area is 173 Å². The number of benzene rings is 2. The highest BCUT2D eigenvalue weighted by Crippen LogP contribution is 2.16. The van der Waals surface area contributed by atoms with Crippen LogP contribution in [-0.2, 0) is 19.1 Å². The van der Waals surface area contributed by atoms with E-state index in [1.165, 1.54) is 42.2 Å². The van der Waals surface area contributed by atoms with Crippen molar-refractivity contribution >= 4 is 29.5 Å². The molecule has 0 heterocycles. The zero-order valence-corrected chi connectivity index (χ0v) is 16.3. The lowest BCUT2D eigenvalue weighted by Gasteiger charge is -2.21. The van der Waals surface area contributed by atoms with E-state index >= 15 is 0 Å². The Kier molecular flexibility index (Phi) is 8.27. The Hall–Kier alpha value is -3.99. The Morgan fingerprint density at radius 3 is 2.40 bits per heavy atom. The second-order valence-corrected chi connectivity index (χ2v) is 6.16. The molecule has 0 fully saturated rings. The summed E-state index contributed by atoms with van der Waals surface area (Å²) in [7, 11) is 0. The minimum absolute atomic E-state index is 0.0438. The predicted octanol–water partition coefficient (Wildman–Crippen LogP) is 2.79. The number of nitriles is 1. The summed E-state index contributed by atoms with van der Waals surface area (Å²) >= 11 is 0. The van der Waals surface area contributed by atoms with E-state index in [-0.39, 0.29) is 18.7 Å². The molecule has 154 valence electrons. The molecular formula is C22H20FN3O4. The number of nitrogens with one attached hydrogen (secondary N) is 1. The number of hydrogen-bond acceptors (Lipinski definition) is 5. The molecule has 8 heteroatoms. The van der Waals surface area contributed by atoms with Crippen LogP contribution in [0.15, 0.2) is 60.3 Å². The van der Waals surface area contributed by atoms with Gasteiger partial charge in [-0.1, -0.05) is 30.3 Å². The summed E-state index contributed by atoms with van der Waals surface area (Å²) in [5.41, 5.74) is 0.910. The highest BCUT2D eigenvalue weighted by Gasteiger charge is 2.20. The van der Waals surface area contributed by atoms with Crippen molar-refractivity contribution in [2.24, 2.45) is 0 Å². The minimum Gasteiger partial charge on any atom is -0.451 e.